The molecule has 0 rings (SSSR count). The first-order chi connectivity index (χ1) is 27.5. The van der Waals surface area contributed by atoms with Crippen LogP contribution in [0.25, 0.3) is 0 Å². The van der Waals surface area contributed by atoms with Gasteiger partial charge in [-0.1, -0.05) is 199 Å². The molecule has 0 aliphatic heterocycles. The number of rotatable bonds is 44. The van der Waals surface area contributed by atoms with Gasteiger partial charge in [0.05, 0.1) is 39.9 Å². The Balaban J connectivity index is 4.27. The topological polar surface area (TPSA) is 105 Å². The Morgan fingerprint density at radius 2 is 0.947 bits per heavy atom. The highest BCUT2D eigenvalue weighted by atomic mass is 31.2. The van der Waals surface area contributed by atoms with Crippen LogP contribution in [0.15, 0.2) is 24.3 Å². The standard InChI is InChI=1S/C48H95N2O6P/c1-6-8-10-12-14-16-18-20-21-22-23-24-25-26-27-28-29-30-31-33-35-37-39-41-47(51)46(45-56-57(53,54)55-44-43-50(3,4)5)49-48(52)42-40-38-36-34-32-19-17-15-13-11-9-7-2/h15,17,39,41,46-47,51H,6-14,16,18-38,40,42-45H2,1-5H3,(H-,49,52,53,54)/p+1/b17-15-,41-39+. The fourth-order valence-corrected chi connectivity index (χ4v) is 7.77. The van der Waals surface area contributed by atoms with E-state index in [9.17, 15) is 19.4 Å². The molecule has 9 heteroatoms. The molecule has 0 spiro atoms. The number of amides is 1. The second-order valence-electron chi connectivity index (χ2n) is 17.8. The van der Waals surface area contributed by atoms with Crippen molar-refractivity contribution in [3.05, 3.63) is 24.3 Å². The predicted molar refractivity (Wildman–Crippen MR) is 245 cm³/mol. The number of aliphatic hydroxyl groups excluding tert-OH is 1. The van der Waals surface area contributed by atoms with Gasteiger partial charge in [-0.25, -0.2) is 4.57 Å². The largest absolute Gasteiger partial charge is 0.472 e. The minimum Gasteiger partial charge on any atom is -0.387 e. The lowest BCUT2D eigenvalue weighted by molar-refractivity contribution is -0.870. The molecule has 0 fully saturated rings. The summed E-state index contributed by atoms with van der Waals surface area (Å²) in [6, 6.07) is -0.847. The molecular formula is C48H96N2O6P+. The van der Waals surface area contributed by atoms with E-state index in [-0.39, 0.29) is 19.1 Å². The lowest BCUT2D eigenvalue weighted by Crippen LogP contribution is -2.45. The van der Waals surface area contributed by atoms with Crippen molar-refractivity contribution in [2.45, 2.75) is 238 Å². The molecule has 3 atom stereocenters. The zero-order valence-electron chi connectivity index (χ0n) is 38.3. The van der Waals surface area contributed by atoms with Crippen molar-refractivity contribution in [2.75, 3.05) is 40.9 Å². The number of carbonyl (C=O) groups excluding carboxylic acids is 1. The third-order valence-corrected chi connectivity index (χ3v) is 11.9. The molecule has 0 radical (unpaired) electrons. The number of hydrogen-bond donors (Lipinski definition) is 3. The summed E-state index contributed by atoms with van der Waals surface area (Å²) in [5, 5.41) is 13.8. The number of unbranched alkanes of at least 4 members (excludes halogenated alkanes) is 29. The van der Waals surface area contributed by atoms with Crippen LogP contribution in [0, 0.1) is 0 Å². The number of phosphoric ester groups is 1. The van der Waals surface area contributed by atoms with Crippen LogP contribution in [0.2, 0.25) is 0 Å². The maximum atomic E-state index is 12.8. The highest BCUT2D eigenvalue weighted by Crippen LogP contribution is 2.43. The fourth-order valence-electron chi connectivity index (χ4n) is 7.04. The number of phosphoric acid groups is 1. The van der Waals surface area contributed by atoms with Gasteiger partial charge in [0.15, 0.2) is 0 Å². The highest BCUT2D eigenvalue weighted by Gasteiger charge is 2.27. The second-order valence-corrected chi connectivity index (χ2v) is 19.3. The van der Waals surface area contributed by atoms with Crippen LogP contribution in [0.5, 0.6) is 0 Å². The van der Waals surface area contributed by atoms with Crippen LogP contribution in [0.4, 0.5) is 0 Å². The Kier molecular flexibility index (Phi) is 39.7. The molecular weight excluding hydrogens is 732 g/mol. The Morgan fingerprint density at radius 3 is 1.39 bits per heavy atom. The number of carbonyl (C=O) groups is 1. The first kappa shape index (κ1) is 56.0. The monoisotopic (exact) mass is 828 g/mol. The van der Waals surface area contributed by atoms with Crippen molar-refractivity contribution in [3.8, 4) is 0 Å². The number of hydrogen-bond acceptors (Lipinski definition) is 5. The van der Waals surface area contributed by atoms with Gasteiger partial charge in [-0.3, -0.25) is 13.8 Å². The highest BCUT2D eigenvalue weighted by molar-refractivity contribution is 7.47. The van der Waals surface area contributed by atoms with E-state index in [4.69, 9.17) is 9.05 Å². The van der Waals surface area contributed by atoms with Crippen LogP contribution in [-0.2, 0) is 18.4 Å². The number of likely N-dealkylation sites (N-methyl/N-ethyl adjacent to an activating group) is 1. The van der Waals surface area contributed by atoms with E-state index in [2.05, 4.69) is 31.3 Å². The Bertz CT molecular complexity index is 984. The van der Waals surface area contributed by atoms with E-state index in [0.717, 1.165) is 51.4 Å². The van der Waals surface area contributed by atoms with Crippen molar-refractivity contribution in [1.29, 1.82) is 0 Å². The van der Waals surface area contributed by atoms with Gasteiger partial charge >= 0.3 is 7.82 Å². The summed E-state index contributed by atoms with van der Waals surface area (Å²) in [4.78, 5) is 23.1. The van der Waals surface area contributed by atoms with Gasteiger partial charge in [-0.05, 0) is 44.9 Å². The zero-order valence-corrected chi connectivity index (χ0v) is 39.2. The van der Waals surface area contributed by atoms with Crippen LogP contribution in [0.1, 0.15) is 226 Å². The van der Waals surface area contributed by atoms with Crippen molar-refractivity contribution >= 4 is 13.7 Å². The van der Waals surface area contributed by atoms with E-state index < -0.39 is 20.0 Å². The molecule has 0 aromatic rings. The molecule has 338 valence electrons. The Morgan fingerprint density at radius 1 is 0.579 bits per heavy atom. The van der Waals surface area contributed by atoms with Crippen LogP contribution >= 0.6 is 7.82 Å². The zero-order chi connectivity index (χ0) is 42.1. The summed E-state index contributed by atoms with van der Waals surface area (Å²) in [5.41, 5.74) is 0. The molecule has 0 heterocycles. The first-order valence-electron chi connectivity index (χ1n) is 24.2. The smallest absolute Gasteiger partial charge is 0.387 e. The fraction of sp³-hybridized carbons (Fsp3) is 0.896. The van der Waals surface area contributed by atoms with Gasteiger partial charge in [0.25, 0.3) is 0 Å². The Labute approximate surface area is 354 Å². The molecule has 3 N–H and O–H groups in total. The maximum Gasteiger partial charge on any atom is 0.472 e. The summed E-state index contributed by atoms with van der Waals surface area (Å²) < 4.78 is 23.6. The molecule has 0 bridgehead atoms. The van der Waals surface area contributed by atoms with Crippen molar-refractivity contribution in [3.63, 3.8) is 0 Å². The summed E-state index contributed by atoms with van der Waals surface area (Å²) >= 11 is 0. The molecule has 8 nitrogen and oxygen atoms in total. The molecule has 0 saturated carbocycles. The van der Waals surface area contributed by atoms with E-state index in [0.29, 0.717) is 17.4 Å². The number of aliphatic hydroxyl groups is 1. The average molecular weight is 828 g/mol. The number of quaternary nitrogens is 1. The lowest BCUT2D eigenvalue weighted by atomic mass is 10.0. The van der Waals surface area contributed by atoms with Crippen molar-refractivity contribution in [2.24, 2.45) is 0 Å². The van der Waals surface area contributed by atoms with Crippen molar-refractivity contribution < 1.29 is 32.9 Å². The molecule has 0 aromatic carbocycles. The molecule has 3 unspecified atom stereocenters. The van der Waals surface area contributed by atoms with Gasteiger partial charge in [0, 0.05) is 6.42 Å². The van der Waals surface area contributed by atoms with E-state index in [1.807, 2.05) is 27.2 Å². The van der Waals surface area contributed by atoms with Crippen LogP contribution in [0.3, 0.4) is 0 Å². The van der Waals surface area contributed by atoms with Gasteiger partial charge in [0.1, 0.15) is 13.2 Å². The van der Waals surface area contributed by atoms with Crippen LogP contribution < -0.4 is 5.32 Å². The van der Waals surface area contributed by atoms with E-state index in [1.54, 1.807) is 6.08 Å². The summed E-state index contributed by atoms with van der Waals surface area (Å²) in [5.74, 6) is -0.186. The molecule has 57 heavy (non-hydrogen) atoms. The third-order valence-electron chi connectivity index (χ3n) is 10.9. The Hall–Kier alpha value is -1.02. The molecule has 1 amide bonds. The van der Waals surface area contributed by atoms with Gasteiger partial charge in [-0.15, -0.1) is 0 Å². The van der Waals surface area contributed by atoms with Gasteiger partial charge in [-0.2, -0.15) is 0 Å². The van der Waals surface area contributed by atoms with Gasteiger partial charge < -0.3 is 19.8 Å². The summed E-state index contributed by atoms with van der Waals surface area (Å²) in [6.07, 6.45) is 48.3. The minimum absolute atomic E-state index is 0.0610. The normalized spacial score (nSPS) is 14.4. The summed E-state index contributed by atoms with van der Waals surface area (Å²) in [7, 11) is 1.57. The minimum atomic E-state index is -4.34. The average Bonchev–Trinajstić information content (AvgIpc) is 3.16. The lowest BCUT2D eigenvalue weighted by Gasteiger charge is -2.25. The number of allylic oxidation sites excluding steroid dienone is 3. The van der Waals surface area contributed by atoms with Gasteiger partial charge in [0.2, 0.25) is 5.91 Å². The number of nitrogens with one attached hydrogen (secondary N) is 1. The molecule has 0 aliphatic rings. The third kappa shape index (κ3) is 42.9. The maximum absolute atomic E-state index is 12.8. The van der Waals surface area contributed by atoms with E-state index >= 15 is 0 Å². The van der Waals surface area contributed by atoms with Crippen molar-refractivity contribution in [1.82, 2.24) is 5.32 Å². The molecule has 0 saturated heterocycles. The van der Waals surface area contributed by atoms with Crippen LogP contribution in [-0.4, -0.2) is 73.4 Å². The van der Waals surface area contributed by atoms with E-state index in [1.165, 1.54) is 154 Å². The summed E-state index contributed by atoms with van der Waals surface area (Å²) in [6.45, 7) is 4.79. The first-order valence-corrected chi connectivity index (χ1v) is 25.7. The predicted octanol–water partition coefficient (Wildman–Crippen LogP) is 13.7. The molecule has 0 aliphatic carbocycles. The second kappa shape index (κ2) is 40.4. The quantitative estimate of drug-likeness (QED) is 0.0244. The SMILES string of the molecule is CCCCC/C=C\CCCCCCCC(=O)NC(COP(=O)(O)OCC[N+](C)(C)C)C(O)/C=C/CCCCCCCCCCCCCCCCCCCCCCC. The number of nitrogens with zero attached hydrogens (tertiary/aromatic N) is 1. The molecule has 0 aromatic heterocycles.